The average Bonchev–Trinajstić information content (AvgIpc) is 2.39. The first-order chi connectivity index (χ1) is 9.00. The van der Waals surface area contributed by atoms with Gasteiger partial charge in [-0.25, -0.2) is 0 Å². The van der Waals surface area contributed by atoms with Crippen molar-refractivity contribution >= 4 is 6.29 Å². The molecule has 1 aromatic rings. The summed E-state index contributed by atoms with van der Waals surface area (Å²) in [6.45, 7) is 6.40. The molecule has 0 heterocycles. The van der Waals surface area contributed by atoms with E-state index in [0.29, 0.717) is 17.9 Å². The minimum absolute atomic E-state index is 0.267. The van der Waals surface area contributed by atoms with E-state index in [1.165, 1.54) is 0 Å². The van der Waals surface area contributed by atoms with Gasteiger partial charge in [0.25, 0.3) is 0 Å². The van der Waals surface area contributed by atoms with E-state index >= 15 is 0 Å². The van der Waals surface area contributed by atoms with Gasteiger partial charge in [0, 0.05) is 0 Å². The van der Waals surface area contributed by atoms with E-state index in [1.54, 1.807) is 6.07 Å². The van der Waals surface area contributed by atoms with Gasteiger partial charge in [-0.3, -0.25) is 4.79 Å². The van der Waals surface area contributed by atoms with Crippen LogP contribution in [0.2, 0.25) is 0 Å². The molecule has 0 saturated carbocycles. The number of nitrogens with zero attached hydrogens (tertiary/aromatic N) is 1. The van der Waals surface area contributed by atoms with Crippen LogP contribution in [-0.4, -0.2) is 12.9 Å². The lowest BCUT2D eigenvalue weighted by molar-refractivity contribution is 0.111. The number of benzene rings is 1. The molecular weight excluding hydrogens is 238 g/mol. The number of nitriles is 1. The third-order valence-electron chi connectivity index (χ3n) is 3.11. The molecular formula is C16H21NO2. The van der Waals surface area contributed by atoms with Crippen LogP contribution in [0.5, 0.6) is 5.75 Å². The largest absolute Gasteiger partial charge is 0.493 e. The molecule has 1 aromatic carbocycles. The molecule has 0 saturated heterocycles. The predicted octanol–water partition coefficient (Wildman–Crippen LogP) is 3.91. The fourth-order valence-electron chi connectivity index (χ4n) is 1.86. The molecule has 0 N–H and O–H groups in total. The maximum Gasteiger partial charge on any atom is 0.153 e. The first-order valence-electron chi connectivity index (χ1n) is 6.59. The lowest BCUT2D eigenvalue weighted by Crippen LogP contribution is -2.08. The van der Waals surface area contributed by atoms with E-state index < -0.39 is 0 Å². The second-order valence-electron chi connectivity index (χ2n) is 5.41. The minimum atomic E-state index is -0.267. The van der Waals surface area contributed by atoms with Gasteiger partial charge in [0.05, 0.1) is 23.7 Å². The fraction of sp³-hybridized carbons (Fsp3) is 0.500. The Balaban J connectivity index is 2.43. The number of unbranched alkanes of at least 4 members (excludes halogenated alkanes) is 1. The molecule has 19 heavy (non-hydrogen) atoms. The highest BCUT2D eigenvalue weighted by Gasteiger charge is 2.15. The highest BCUT2D eigenvalue weighted by molar-refractivity contribution is 5.80. The molecule has 1 rings (SSSR count). The summed E-state index contributed by atoms with van der Waals surface area (Å²) in [7, 11) is 0. The van der Waals surface area contributed by atoms with Crippen molar-refractivity contribution in [1.29, 1.82) is 5.26 Å². The van der Waals surface area contributed by atoms with Crippen molar-refractivity contribution in [3.05, 3.63) is 29.3 Å². The number of para-hydroxylation sites is 1. The zero-order valence-electron chi connectivity index (χ0n) is 11.9. The number of aldehydes is 1. The van der Waals surface area contributed by atoms with Gasteiger partial charge in [-0.1, -0.05) is 12.1 Å². The number of rotatable bonds is 7. The van der Waals surface area contributed by atoms with E-state index in [-0.39, 0.29) is 5.41 Å². The second-order valence-corrected chi connectivity index (χ2v) is 5.41. The van der Waals surface area contributed by atoms with E-state index in [0.717, 1.165) is 31.1 Å². The van der Waals surface area contributed by atoms with Gasteiger partial charge in [-0.05, 0) is 51.7 Å². The molecule has 3 heteroatoms. The Kier molecular flexibility index (Phi) is 5.57. The Hall–Kier alpha value is -1.82. The van der Waals surface area contributed by atoms with Crippen LogP contribution in [0.15, 0.2) is 18.2 Å². The molecule has 0 radical (unpaired) electrons. The standard InChI is InChI=1S/C16H21NO2/c1-13-7-6-8-14(11-18)15(13)19-10-5-4-9-16(2,3)12-17/h6-8,11H,4-5,9-10H2,1-3H3. The van der Waals surface area contributed by atoms with Crippen LogP contribution >= 0.6 is 0 Å². The quantitative estimate of drug-likeness (QED) is 0.551. The average molecular weight is 259 g/mol. The van der Waals surface area contributed by atoms with Gasteiger partial charge in [0.15, 0.2) is 6.29 Å². The third-order valence-corrected chi connectivity index (χ3v) is 3.11. The zero-order valence-corrected chi connectivity index (χ0v) is 11.9. The Morgan fingerprint density at radius 2 is 2.11 bits per heavy atom. The monoisotopic (exact) mass is 259 g/mol. The molecule has 0 aliphatic rings. The summed E-state index contributed by atoms with van der Waals surface area (Å²) < 4.78 is 5.69. The highest BCUT2D eigenvalue weighted by atomic mass is 16.5. The zero-order chi connectivity index (χ0) is 14.3. The van der Waals surface area contributed by atoms with Crippen molar-refractivity contribution < 1.29 is 9.53 Å². The maximum absolute atomic E-state index is 10.9. The molecule has 0 fully saturated rings. The van der Waals surface area contributed by atoms with Crippen LogP contribution in [0.1, 0.15) is 49.0 Å². The fourth-order valence-corrected chi connectivity index (χ4v) is 1.86. The SMILES string of the molecule is Cc1cccc(C=O)c1OCCCCC(C)(C)C#N. The first-order valence-corrected chi connectivity index (χ1v) is 6.59. The van der Waals surface area contributed by atoms with Gasteiger partial charge in [-0.15, -0.1) is 0 Å². The normalized spacial score (nSPS) is 10.8. The lowest BCUT2D eigenvalue weighted by atomic mass is 9.89. The van der Waals surface area contributed by atoms with Crippen LogP contribution in [0, 0.1) is 23.7 Å². The lowest BCUT2D eigenvalue weighted by Gasteiger charge is -2.15. The van der Waals surface area contributed by atoms with E-state index in [9.17, 15) is 4.79 Å². The van der Waals surface area contributed by atoms with Crippen molar-refractivity contribution in [2.24, 2.45) is 5.41 Å². The number of aryl methyl sites for hydroxylation is 1. The van der Waals surface area contributed by atoms with Crippen LogP contribution in [0.3, 0.4) is 0 Å². The Morgan fingerprint density at radius 3 is 2.74 bits per heavy atom. The molecule has 0 bridgehead atoms. The molecule has 0 spiro atoms. The van der Waals surface area contributed by atoms with Crippen molar-refractivity contribution in [3.8, 4) is 11.8 Å². The Morgan fingerprint density at radius 1 is 1.37 bits per heavy atom. The van der Waals surface area contributed by atoms with E-state index in [4.69, 9.17) is 10.00 Å². The van der Waals surface area contributed by atoms with Crippen LogP contribution < -0.4 is 4.74 Å². The second kappa shape index (κ2) is 6.94. The molecule has 0 unspecified atom stereocenters. The predicted molar refractivity (Wildman–Crippen MR) is 75.3 cm³/mol. The molecule has 0 amide bonds. The summed E-state index contributed by atoms with van der Waals surface area (Å²) in [6, 6.07) is 7.83. The highest BCUT2D eigenvalue weighted by Crippen LogP contribution is 2.24. The summed E-state index contributed by atoms with van der Waals surface area (Å²) in [4.78, 5) is 10.9. The van der Waals surface area contributed by atoms with Gasteiger partial charge in [0.1, 0.15) is 5.75 Å². The van der Waals surface area contributed by atoms with Gasteiger partial charge in [0.2, 0.25) is 0 Å². The first kappa shape index (κ1) is 15.2. The van der Waals surface area contributed by atoms with Crippen LogP contribution in [0.25, 0.3) is 0 Å². The topological polar surface area (TPSA) is 50.1 Å². The number of carbonyl (C=O) groups is 1. The van der Waals surface area contributed by atoms with E-state index in [2.05, 4.69) is 6.07 Å². The number of ether oxygens (including phenoxy) is 1. The Bertz CT molecular complexity index is 472. The molecule has 0 aliphatic heterocycles. The van der Waals surface area contributed by atoms with Gasteiger partial charge >= 0.3 is 0 Å². The molecule has 0 aromatic heterocycles. The smallest absolute Gasteiger partial charge is 0.153 e. The van der Waals surface area contributed by atoms with Crippen molar-refractivity contribution in [1.82, 2.24) is 0 Å². The van der Waals surface area contributed by atoms with Crippen LogP contribution in [0.4, 0.5) is 0 Å². The molecule has 3 nitrogen and oxygen atoms in total. The van der Waals surface area contributed by atoms with Gasteiger partial charge < -0.3 is 4.74 Å². The Labute approximate surface area is 115 Å². The summed E-state index contributed by atoms with van der Waals surface area (Å²) in [5, 5.41) is 8.91. The van der Waals surface area contributed by atoms with Crippen molar-refractivity contribution in [2.75, 3.05) is 6.61 Å². The van der Waals surface area contributed by atoms with Gasteiger partial charge in [-0.2, -0.15) is 5.26 Å². The number of hydrogen-bond acceptors (Lipinski definition) is 3. The summed E-state index contributed by atoms with van der Waals surface area (Å²) in [5.74, 6) is 0.678. The third kappa shape index (κ3) is 4.75. The van der Waals surface area contributed by atoms with Crippen LogP contribution in [-0.2, 0) is 0 Å². The molecule has 0 aliphatic carbocycles. The summed E-state index contributed by atoms with van der Waals surface area (Å²) >= 11 is 0. The van der Waals surface area contributed by atoms with E-state index in [1.807, 2.05) is 32.9 Å². The summed E-state index contributed by atoms with van der Waals surface area (Å²) in [5.41, 5.74) is 1.30. The minimum Gasteiger partial charge on any atom is -0.493 e. The summed E-state index contributed by atoms with van der Waals surface area (Å²) in [6.07, 6.45) is 3.52. The molecule has 102 valence electrons. The maximum atomic E-state index is 10.9. The number of hydrogen-bond donors (Lipinski definition) is 0. The van der Waals surface area contributed by atoms with Crippen molar-refractivity contribution in [3.63, 3.8) is 0 Å². The number of carbonyl (C=O) groups excluding carboxylic acids is 1. The van der Waals surface area contributed by atoms with Crippen molar-refractivity contribution in [2.45, 2.75) is 40.0 Å². The molecule has 0 atom stereocenters.